The van der Waals surface area contributed by atoms with Crippen molar-refractivity contribution in [2.45, 2.75) is 13.8 Å². The molecule has 5 heteroatoms. The van der Waals surface area contributed by atoms with Crippen LogP contribution in [0.5, 0.6) is 0 Å². The van der Waals surface area contributed by atoms with Crippen LogP contribution in [-0.4, -0.2) is 17.9 Å². The Balaban J connectivity index is 2.35. The number of aromatic nitrogens is 1. The van der Waals surface area contributed by atoms with Crippen LogP contribution in [0.15, 0.2) is 28.9 Å². The van der Waals surface area contributed by atoms with Crippen molar-refractivity contribution in [2.24, 2.45) is 0 Å². The summed E-state index contributed by atoms with van der Waals surface area (Å²) in [7, 11) is 1.68. The van der Waals surface area contributed by atoms with Crippen molar-refractivity contribution in [1.29, 1.82) is 0 Å². The fourth-order valence-corrected chi connectivity index (χ4v) is 1.84. The van der Waals surface area contributed by atoms with E-state index in [0.29, 0.717) is 28.5 Å². The van der Waals surface area contributed by atoms with Crippen molar-refractivity contribution >= 4 is 17.3 Å². The molecule has 2 rings (SSSR count). The number of hydrogen-bond acceptors (Lipinski definition) is 4. The molecule has 0 aliphatic carbocycles. The predicted molar refractivity (Wildman–Crippen MR) is 69.6 cm³/mol. The third-order valence-electron chi connectivity index (χ3n) is 2.77. The fraction of sp³-hybridized carbons (Fsp3) is 0.231. The lowest BCUT2D eigenvalue weighted by atomic mass is 10.2. The second-order valence-electron chi connectivity index (χ2n) is 4.13. The standard InChI is InChI=1S/C13H15N3O2/c1-8-6-10(9(2)18-8)13(17)16(3)12-4-5-15-7-11(12)14/h4-7H,14H2,1-3H3. The van der Waals surface area contributed by atoms with Crippen LogP contribution < -0.4 is 10.6 Å². The molecule has 0 aliphatic rings. The Morgan fingerprint density at radius 3 is 2.72 bits per heavy atom. The van der Waals surface area contributed by atoms with Crippen molar-refractivity contribution < 1.29 is 9.21 Å². The van der Waals surface area contributed by atoms with Gasteiger partial charge in [-0.1, -0.05) is 0 Å². The molecule has 0 aromatic carbocycles. The number of carbonyl (C=O) groups is 1. The highest BCUT2D eigenvalue weighted by Crippen LogP contribution is 2.23. The first kappa shape index (κ1) is 12.2. The molecule has 5 nitrogen and oxygen atoms in total. The first-order chi connectivity index (χ1) is 8.50. The quantitative estimate of drug-likeness (QED) is 0.879. The van der Waals surface area contributed by atoms with Crippen LogP contribution in [0.2, 0.25) is 0 Å². The van der Waals surface area contributed by atoms with Gasteiger partial charge in [0, 0.05) is 13.2 Å². The molecule has 0 bridgehead atoms. The van der Waals surface area contributed by atoms with Crippen molar-refractivity contribution in [1.82, 2.24) is 4.98 Å². The number of nitrogens with zero attached hydrogens (tertiary/aromatic N) is 2. The molecule has 18 heavy (non-hydrogen) atoms. The van der Waals surface area contributed by atoms with E-state index in [1.54, 1.807) is 32.3 Å². The van der Waals surface area contributed by atoms with Crippen LogP contribution in [0.1, 0.15) is 21.9 Å². The number of hydrogen-bond donors (Lipinski definition) is 1. The van der Waals surface area contributed by atoms with E-state index in [1.165, 1.54) is 11.1 Å². The summed E-state index contributed by atoms with van der Waals surface area (Å²) >= 11 is 0. The van der Waals surface area contributed by atoms with E-state index in [1.807, 2.05) is 6.92 Å². The third kappa shape index (κ3) is 2.07. The molecular formula is C13H15N3O2. The molecule has 0 aliphatic heterocycles. The zero-order chi connectivity index (χ0) is 13.3. The Labute approximate surface area is 105 Å². The number of rotatable bonds is 2. The molecule has 0 fully saturated rings. The maximum absolute atomic E-state index is 12.3. The predicted octanol–water partition coefficient (Wildman–Crippen LogP) is 2.15. The highest BCUT2D eigenvalue weighted by atomic mass is 16.3. The monoisotopic (exact) mass is 245 g/mol. The van der Waals surface area contributed by atoms with E-state index < -0.39 is 0 Å². The zero-order valence-electron chi connectivity index (χ0n) is 10.6. The van der Waals surface area contributed by atoms with Gasteiger partial charge >= 0.3 is 0 Å². The summed E-state index contributed by atoms with van der Waals surface area (Å²) in [5.41, 5.74) is 7.44. The summed E-state index contributed by atoms with van der Waals surface area (Å²) in [5, 5.41) is 0. The van der Waals surface area contributed by atoms with Gasteiger partial charge in [0.15, 0.2) is 0 Å². The van der Waals surface area contributed by atoms with Crippen LogP contribution in [-0.2, 0) is 0 Å². The molecule has 0 saturated carbocycles. The first-order valence-electron chi connectivity index (χ1n) is 5.55. The minimum absolute atomic E-state index is 0.151. The Morgan fingerprint density at radius 1 is 1.44 bits per heavy atom. The molecule has 1 amide bonds. The summed E-state index contributed by atoms with van der Waals surface area (Å²) in [4.78, 5) is 17.7. The highest BCUT2D eigenvalue weighted by Gasteiger charge is 2.19. The van der Waals surface area contributed by atoms with Crippen molar-refractivity contribution in [3.63, 3.8) is 0 Å². The second-order valence-corrected chi connectivity index (χ2v) is 4.13. The van der Waals surface area contributed by atoms with Gasteiger partial charge in [0.2, 0.25) is 0 Å². The van der Waals surface area contributed by atoms with Gasteiger partial charge in [-0.25, -0.2) is 0 Å². The first-order valence-corrected chi connectivity index (χ1v) is 5.55. The average Bonchev–Trinajstić information content (AvgIpc) is 2.67. The molecule has 94 valence electrons. The summed E-state index contributed by atoms with van der Waals surface area (Å²) in [6, 6.07) is 3.43. The van der Waals surface area contributed by atoms with E-state index in [9.17, 15) is 4.79 Å². The van der Waals surface area contributed by atoms with Gasteiger partial charge in [-0.15, -0.1) is 0 Å². The van der Waals surface area contributed by atoms with Crippen molar-refractivity contribution in [3.8, 4) is 0 Å². The van der Waals surface area contributed by atoms with Crippen LogP contribution in [0.25, 0.3) is 0 Å². The Hall–Kier alpha value is -2.30. The number of nitrogen functional groups attached to an aromatic ring is 1. The Kier molecular flexibility index (Phi) is 3.06. The number of pyridine rings is 1. The van der Waals surface area contributed by atoms with Crippen LogP contribution >= 0.6 is 0 Å². The van der Waals surface area contributed by atoms with Crippen molar-refractivity contribution in [2.75, 3.05) is 17.7 Å². The second kappa shape index (κ2) is 4.52. The van der Waals surface area contributed by atoms with E-state index >= 15 is 0 Å². The smallest absolute Gasteiger partial charge is 0.261 e. The maximum Gasteiger partial charge on any atom is 0.261 e. The maximum atomic E-state index is 12.3. The number of amides is 1. The van der Waals surface area contributed by atoms with E-state index in [0.717, 1.165) is 0 Å². The summed E-state index contributed by atoms with van der Waals surface area (Å²) in [6.07, 6.45) is 3.12. The van der Waals surface area contributed by atoms with Gasteiger partial charge in [-0.3, -0.25) is 9.78 Å². The minimum Gasteiger partial charge on any atom is -0.466 e. The lowest BCUT2D eigenvalue weighted by Crippen LogP contribution is -2.27. The normalized spacial score (nSPS) is 10.4. The van der Waals surface area contributed by atoms with Gasteiger partial charge in [0.1, 0.15) is 11.5 Å². The molecule has 0 spiro atoms. The van der Waals surface area contributed by atoms with E-state index in [4.69, 9.17) is 10.2 Å². The molecule has 0 saturated heterocycles. The minimum atomic E-state index is -0.151. The molecule has 0 radical (unpaired) electrons. The van der Waals surface area contributed by atoms with Gasteiger partial charge < -0.3 is 15.1 Å². The largest absolute Gasteiger partial charge is 0.466 e. The summed E-state index contributed by atoms with van der Waals surface area (Å²) < 4.78 is 5.36. The van der Waals surface area contributed by atoms with Gasteiger partial charge in [0.05, 0.1) is 23.1 Å². The molecule has 2 aromatic rings. The number of aryl methyl sites for hydroxylation is 2. The van der Waals surface area contributed by atoms with E-state index in [-0.39, 0.29) is 5.91 Å². The number of furan rings is 1. The zero-order valence-corrected chi connectivity index (χ0v) is 10.6. The Bertz CT molecular complexity index is 590. The van der Waals surface area contributed by atoms with Crippen LogP contribution in [0.4, 0.5) is 11.4 Å². The molecule has 2 N–H and O–H groups in total. The van der Waals surface area contributed by atoms with Gasteiger partial charge in [-0.05, 0) is 26.0 Å². The summed E-state index contributed by atoms with van der Waals surface area (Å²) in [6.45, 7) is 3.58. The fourth-order valence-electron chi connectivity index (χ4n) is 1.84. The van der Waals surface area contributed by atoms with Gasteiger partial charge in [0.25, 0.3) is 5.91 Å². The lowest BCUT2D eigenvalue weighted by Gasteiger charge is -2.18. The summed E-state index contributed by atoms with van der Waals surface area (Å²) in [5.74, 6) is 1.17. The molecule has 2 heterocycles. The van der Waals surface area contributed by atoms with Crippen molar-refractivity contribution in [3.05, 3.63) is 41.6 Å². The van der Waals surface area contributed by atoms with Gasteiger partial charge in [-0.2, -0.15) is 0 Å². The molecule has 2 aromatic heterocycles. The lowest BCUT2D eigenvalue weighted by molar-refractivity contribution is 0.0991. The molecular weight excluding hydrogens is 230 g/mol. The van der Waals surface area contributed by atoms with E-state index in [2.05, 4.69) is 4.98 Å². The number of carbonyl (C=O) groups excluding carboxylic acids is 1. The average molecular weight is 245 g/mol. The van der Waals surface area contributed by atoms with Crippen LogP contribution in [0.3, 0.4) is 0 Å². The molecule has 0 unspecified atom stereocenters. The van der Waals surface area contributed by atoms with Crippen LogP contribution in [0, 0.1) is 13.8 Å². The SMILES string of the molecule is Cc1cc(C(=O)N(C)c2ccncc2N)c(C)o1. The Morgan fingerprint density at radius 2 is 2.17 bits per heavy atom. The highest BCUT2D eigenvalue weighted by molar-refractivity contribution is 6.07. The number of anilines is 2. The number of nitrogens with two attached hydrogens (primary N) is 1. The molecule has 0 atom stereocenters. The topological polar surface area (TPSA) is 72.4 Å². The third-order valence-corrected chi connectivity index (χ3v) is 2.77.